The Morgan fingerprint density at radius 3 is 2.88 bits per heavy atom. The highest BCUT2D eigenvalue weighted by Gasteiger charge is 2.33. The monoisotopic (exact) mass is 223 g/mol. The molecular formula is C11H17N3O2. The number of esters is 1. The summed E-state index contributed by atoms with van der Waals surface area (Å²) in [5, 5.41) is 7.44. The zero-order chi connectivity index (χ0) is 11.5. The molecule has 1 aromatic heterocycles. The van der Waals surface area contributed by atoms with Gasteiger partial charge < -0.3 is 4.74 Å². The van der Waals surface area contributed by atoms with Crippen LogP contribution >= 0.6 is 0 Å². The van der Waals surface area contributed by atoms with Gasteiger partial charge in [0, 0.05) is 18.4 Å². The molecule has 5 nitrogen and oxygen atoms in total. The SMILES string of the molecule is COC(=O)C(NC1CC1)C(C)n1cccn1. The van der Waals surface area contributed by atoms with Gasteiger partial charge in [-0.05, 0) is 25.8 Å². The van der Waals surface area contributed by atoms with E-state index in [1.165, 1.54) is 7.11 Å². The lowest BCUT2D eigenvalue weighted by atomic mass is 10.1. The minimum absolute atomic E-state index is 0.0388. The van der Waals surface area contributed by atoms with Crippen molar-refractivity contribution in [3.8, 4) is 0 Å². The summed E-state index contributed by atoms with van der Waals surface area (Å²) in [4.78, 5) is 11.7. The fourth-order valence-electron chi connectivity index (χ4n) is 1.71. The van der Waals surface area contributed by atoms with Crippen LogP contribution in [0.25, 0.3) is 0 Å². The highest BCUT2D eigenvalue weighted by molar-refractivity contribution is 5.76. The van der Waals surface area contributed by atoms with E-state index in [1.54, 1.807) is 10.9 Å². The smallest absolute Gasteiger partial charge is 0.325 e. The first kappa shape index (κ1) is 11.1. The van der Waals surface area contributed by atoms with E-state index >= 15 is 0 Å². The average molecular weight is 223 g/mol. The highest BCUT2D eigenvalue weighted by Crippen LogP contribution is 2.22. The second-order valence-corrected chi connectivity index (χ2v) is 4.17. The van der Waals surface area contributed by atoms with Gasteiger partial charge in [-0.1, -0.05) is 0 Å². The molecular weight excluding hydrogens is 206 g/mol. The van der Waals surface area contributed by atoms with Crippen molar-refractivity contribution in [1.29, 1.82) is 0 Å². The van der Waals surface area contributed by atoms with Crippen molar-refractivity contribution in [3.05, 3.63) is 18.5 Å². The molecule has 0 spiro atoms. The minimum Gasteiger partial charge on any atom is -0.468 e. The second kappa shape index (κ2) is 4.65. The fourth-order valence-corrected chi connectivity index (χ4v) is 1.71. The highest BCUT2D eigenvalue weighted by atomic mass is 16.5. The number of hydrogen-bond donors (Lipinski definition) is 1. The molecule has 1 N–H and O–H groups in total. The molecule has 0 saturated heterocycles. The van der Waals surface area contributed by atoms with Crippen LogP contribution in [0.3, 0.4) is 0 Å². The van der Waals surface area contributed by atoms with Crippen LogP contribution in [0.15, 0.2) is 18.5 Å². The van der Waals surface area contributed by atoms with Crippen molar-refractivity contribution < 1.29 is 9.53 Å². The number of aromatic nitrogens is 2. The Bertz CT molecular complexity index is 346. The molecule has 1 aliphatic carbocycles. The molecule has 1 saturated carbocycles. The number of nitrogens with zero attached hydrogens (tertiary/aromatic N) is 2. The maximum Gasteiger partial charge on any atom is 0.325 e. The van der Waals surface area contributed by atoms with Crippen LogP contribution in [0.2, 0.25) is 0 Å². The molecule has 0 bridgehead atoms. The maximum atomic E-state index is 11.7. The van der Waals surface area contributed by atoms with E-state index in [-0.39, 0.29) is 18.1 Å². The first-order valence-electron chi connectivity index (χ1n) is 5.55. The normalized spacial score (nSPS) is 19.1. The molecule has 2 atom stereocenters. The summed E-state index contributed by atoms with van der Waals surface area (Å²) < 4.78 is 6.59. The topological polar surface area (TPSA) is 56.1 Å². The van der Waals surface area contributed by atoms with Crippen LogP contribution in [0, 0.1) is 0 Å². The largest absolute Gasteiger partial charge is 0.468 e. The predicted octanol–water partition coefficient (Wildman–Crippen LogP) is 0.738. The number of ether oxygens (including phenoxy) is 1. The minimum atomic E-state index is -0.322. The zero-order valence-corrected chi connectivity index (χ0v) is 9.59. The van der Waals surface area contributed by atoms with Gasteiger partial charge >= 0.3 is 5.97 Å². The Morgan fingerprint density at radius 1 is 1.62 bits per heavy atom. The van der Waals surface area contributed by atoms with E-state index in [0.29, 0.717) is 6.04 Å². The van der Waals surface area contributed by atoms with Gasteiger partial charge in [0.05, 0.1) is 13.2 Å². The Hall–Kier alpha value is -1.36. The van der Waals surface area contributed by atoms with Crippen LogP contribution in [-0.4, -0.2) is 34.9 Å². The lowest BCUT2D eigenvalue weighted by Gasteiger charge is -2.23. The van der Waals surface area contributed by atoms with Crippen molar-refractivity contribution in [3.63, 3.8) is 0 Å². The van der Waals surface area contributed by atoms with Gasteiger partial charge in [-0.15, -0.1) is 0 Å². The molecule has 0 radical (unpaired) electrons. The Morgan fingerprint density at radius 2 is 2.38 bits per heavy atom. The van der Waals surface area contributed by atoms with Crippen LogP contribution in [-0.2, 0) is 9.53 Å². The predicted molar refractivity (Wildman–Crippen MR) is 58.9 cm³/mol. The fraction of sp³-hybridized carbons (Fsp3) is 0.636. The Balaban J connectivity index is 2.07. The van der Waals surface area contributed by atoms with Crippen LogP contribution < -0.4 is 5.32 Å². The number of rotatable bonds is 5. The third-order valence-corrected chi connectivity index (χ3v) is 2.87. The van der Waals surface area contributed by atoms with E-state index in [9.17, 15) is 4.79 Å². The summed E-state index contributed by atoms with van der Waals surface area (Å²) in [5.74, 6) is -0.227. The quantitative estimate of drug-likeness (QED) is 0.748. The van der Waals surface area contributed by atoms with Crippen molar-refractivity contribution >= 4 is 5.97 Å². The van der Waals surface area contributed by atoms with E-state index in [1.807, 2.05) is 19.2 Å². The van der Waals surface area contributed by atoms with E-state index in [0.717, 1.165) is 12.8 Å². The summed E-state index contributed by atoms with van der Waals surface area (Å²) >= 11 is 0. The van der Waals surface area contributed by atoms with E-state index in [4.69, 9.17) is 4.74 Å². The van der Waals surface area contributed by atoms with Gasteiger partial charge in [0.15, 0.2) is 0 Å². The van der Waals surface area contributed by atoms with Crippen molar-refractivity contribution in [1.82, 2.24) is 15.1 Å². The summed E-state index contributed by atoms with van der Waals surface area (Å²) in [6.45, 7) is 1.96. The maximum absolute atomic E-state index is 11.7. The zero-order valence-electron chi connectivity index (χ0n) is 9.59. The molecule has 5 heteroatoms. The lowest BCUT2D eigenvalue weighted by molar-refractivity contribution is -0.144. The molecule has 16 heavy (non-hydrogen) atoms. The summed E-state index contributed by atoms with van der Waals surface area (Å²) in [6, 6.07) is 1.95. The van der Waals surface area contributed by atoms with Gasteiger partial charge in [0.25, 0.3) is 0 Å². The molecule has 0 aliphatic heterocycles. The molecule has 0 amide bonds. The number of carbonyl (C=O) groups excluding carboxylic acids is 1. The molecule has 1 aromatic rings. The molecule has 88 valence electrons. The molecule has 1 fully saturated rings. The van der Waals surface area contributed by atoms with Crippen molar-refractivity contribution in [2.45, 2.75) is 37.9 Å². The molecule has 2 rings (SSSR count). The number of carbonyl (C=O) groups is 1. The molecule has 1 aliphatic rings. The van der Waals surface area contributed by atoms with Gasteiger partial charge in [0.2, 0.25) is 0 Å². The van der Waals surface area contributed by atoms with Gasteiger partial charge in [0.1, 0.15) is 6.04 Å². The second-order valence-electron chi connectivity index (χ2n) is 4.17. The first-order chi connectivity index (χ1) is 7.72. The Kier molecular flexibility index (Phi) is 3.24. The lowest BCUT2D eigenvalue weighted by Crippen LogP contribution is -2.44. The van der Waals surface area contributed by atoms with Gasteiger partial charge in [-0.3, -0.25) is 14.8 Å². The molecule has 1 heterocycles. The first-order valence-corrected chi connectivity index (χ1v) is 5.55. The number of methoxy groups -OCH3 is 1. The summed E-state index contributed by atoms with van der Waals surface area (Å²) in [6.07, 6.45) is 5.84. The summed E-state index contributed by atoms with van der Waals surface area (Å²) in [7, 11) is 1.42. The Labute approximate surface area is 94.8 Å². The molecule has 0 aromatic carbocycles. The van der Waals surface area contributed by atoms with Crippen molar-refractivity contribution in [2.75, 3.05) is 7.11 Å². The van der Waals surface area contributed by atoms with E-state index in [2.05, 4.69) is 10.4 Å². The third-order valence-electron chi connectivity index (χ3n) is 2.87. The third kappa shape index (κ3) is 2.41. The van der Waals surface area contributed by atoms with Gasteiger partial charge in [-0.2, -0.15) is 5.10 Å². The average Bonchev–Trinajstić information content (AvgIpc) is 2.95. The van der Waals surface area contributed by atoms with Crippen LogP contribution in [0.5, 0.6) is 0 Å². The van der Waals surface area contributed by atoms with Crippen LogP contribution in [0.1, 0.15) is 25.8 Å². The standard InChI is InChI=1S/C11H17N3O2/c1-8(14-7-3-6-12-14)10(11(15)16-2)13-9-4-5-9/h3,6-10,13H,4-5H2,1-2H3. The van der Waals surface area contributed by atoms with Crippen LogP contribution in [0.4, 0.5) is 0 Å². The van der Waals surface area contributed by atoms with Gasteiger partial charge in [-0.25, -0.2) is 0 Å². The molecule has 2 unspecified atom stereocenters. The van der Waals surface area contributed by atoms with Crippen molar-refractivity contribution in [2.24, 2.45) is 0 Å². The summed E-state index contributed by atoms with van der Waals surface area (Å²) in [5.41, 5.74) is 0. The van der Waals surface area contributed by atoms with E-state index < -0.39 is 0 Å². The number of hydrogen-bond acceptors (Lipinski definition) is 4. The number of nitrogens with one attached hydrogen (secondary N) is 1.